The summed E-state index contributed by atoms with van der Waals surface area (Å²) >= 11 is 0. The summed E-state index contributed by atoms with van der Waals surface area (Å²) < 4.78 is 16.8. The van der Waals surface area contributed by atoms with Gasteiger partial charge in [0, 0.05) is 19.3 Å². The Morgan fingerprint density at radius 1 is 0.339 bits per heavy atom. The maximum atomic E-state index is 12.7. The summed E-state index contributed by atoms with van der Waals surface area (Å²) in [5.74, 6) is -0.885. The van der Waals surface area contributed by atoms with Gasteiger partial charge in [-0.3, -0.25) is 14.4 Å². The van der Waals surface area contributed by atoms with Crippen molar-refractivity contribution in [1.29, 1.82) is 0 Å². The third-order valence-electron chi connectivity index (χ3n) is 11.1. The van der Waals surface area contributed by atoms with Crippen LogP contribution in [0.5, 0.6) is 0 Å². The fourth-order valence-corrected chi connectivity index (χ4v) is 7.22. The van der Waals surface area contributed by atoms with E-state index in [4.69, 9.17) is 14.2 Å². The van der Waals surface area contributed by atoms with Crippen molar-refractivity contribution in [2.45, 2.75) is 271 Å². The van der Waals surface area contributed by atoms with Crippen molar-refractivity contribution < 1.29 is 28.6 Å². The van der Waals surface area contributed by atoms with Crippen LogP contribution >= 0.6 is 0 Å². The van der Waals surface area contributed by atoms with Gasteiger partial charge in [0.2, 0.25) is 0 Å². The highest BCUT2D eigenvalue weighted by molar-refractivity contribution is 5.71. The molecular weight excluding hydrogens is 733 g/mol. The Kier molecular flexibility index (Phi) is 46.4. The van der Waals surface area contributed by atoms with Gasteiger partial charge in [0.05, 0.1) is 0 Å². The number of esters is 3. The smallest absolute Gasteiger partial charge is 0.306 e. The number of unbranched alkanes of at least 4 members (excludes halogenated alkanes) is 29. The van der Waals surface area contributed by atoms with Crippen molar-refractivity contribution in [2.24, 2.45) is 0 Å². The molecule has 0 heterocycles. The second-order valence-electron chi connectivity index (χ2n) is 17.1. The van der Waals surface area contributed by atoms with E-state index in [1.807, 2.05) is 0 Å². The number of carbonyl (C=O) groups is 3. The lowest BCUT2D eigenvalue weighted by molar-refractivity contribution is -0.167. The molecule has 0 aromatic heterocycles. The Morgan fingerprint density at radius 2 is 0.627 bits per heavy atom. The van der Waals surface area contributed by atoms with Gasteiger partial charge in [0.1, 0.15) is 13.2 Å². The SMILES string of the molecule is CCCC/C=C\CCCCCCCC(=O)OCC(COC(=O)CCCCCCCCC/C=C\C/C=C\CCCCCC)OC(=O)CCCCCCCCCCCCCC. The normalized spacial score (nSPS) is 12.3. The number of carbonyl (C=O) groups excluding carboxylic acids is 3. The summed E-state index contributed by atoms with van der Waals surface area (Å²) in [7, 11) is 0. The number of rotatable bonds is 46. The highest BCUT2D eigenvalue weighted by atomic mass is 16.6. The van der Waals surface area contributed by atoms with Crippen LogP contribution in [0.25, 0.3) is 0 Å². The molecule has 1 atom stereocenters. The van der Waals surface area contributed by atoms with E-state index in [1.165, 1.54) is 148 Å². The average molecular weight is 829 g/mol. The van der Waals surface area contributed by atoms with Gasteiger partial charge < -0.3 is 14.2 Å². The molecule has 0 aliphatic heterocycles. The van der Waals surface area contributed by atoms with Gasteiger partial charge in [-0.2, -0.15) is 0 Å². The summed E-state index contributed by atoms with van der Waals surface area (Å²) in [6.45, 7) is 6.58. The van der Waals surface area contributed by atoms with E-state index in [2.05, 4.69) is 57.2 Å². The minimum Gasteiger partial charge on any atom is -0.462 e. The topological polar surface area (TPSA) is 78.9 Å². The van der Waals surface area contributed by atoms with Crippen LogP contribution in [-0.4, -0.2) is 37.2 Å². The zero-order chi connectivity index (χ0) is 43.0. The maximum Gasteiger partial charge on any atom is 0.306 e. The van der Waals surface area contributed by atoms with Gasteiger partial charge >= 0.3 is 17.9 Å². The Hall–Kier alpha value is -2.37. The molecule has 0 radical (unpaired) electrons. The third kappa shape index (κ3) is 46.5. The van der Waals surface area contributed by atoms with Crippen LogP contribution in [-0.2, 0) is 28.6 Å². The summed E-state index contributed by atoms with van der Waals surface area (Å²) in [4.78, 5) is 37.9. The highest BCUT2D eigenvalue weighted by Crippen LogP contribution is 2.15. The van der Waals surface area contributed by atoms with E-state index in [0.717, 1.165) is 77.0 Å². The molecule has 0 saturated carbocycles. The van der Waals surface area contributed by atoms with Crippen molar-refractivity contribution in [2.75, 3.05) is 13.2 Å². The Bertz CT molecular complexity index is 1000. The molecule has 0 aliphatic rings. The van der Waals surface area contributed by atoms with Crippen LogP contribution in [0.3, 0.4) is 0 Å². The van der Waals surface area contributed by atoms with Gasteiger partial charge in [0.15, 0.2) is 6.10 Å². The van der Waals surface area contributed by atoms with Crippen LogP contribution in [0, 0.1) is 0 Å². The second-order valence-corrected chi connectivity index (χ2v) is 17.1. The van der Waals surface area contributed by atoms with Crippen LogP contribution in [0.1, 0.15) is 265 Å². The highest BCUT2D eigenvalue weighted by Gasteiger charge is 2.19. The van der Waals surface area contributed by atoms with Crippen molar-refractivity contribution in [1.82, 2.24) is 0 Å². The standard InChI is InChI=1S/C53H96O6/c1-4-7-10-13-16-19-22-24-25-26-27-28-29-32-34-37-40-43-46-52(55)58-49-50(48-57-51(54)45-42-39-36-33-30-21-18-15-12-9-6-3)59-53(56)47-44-41-38-35-31-23-20-17-14-11-8-5-2/h15,18-19,22,25-26,50H,4-14,16-17,20-21,23-24,27-49H2,1-3H3/b18-15-,22-19-,26-25-. The molecule has 0 aliphatic carbocycles. The van der Waals surface area contributed by atoms with Crippen LogP contribution in [0.15, 0.2) is 36.5 Å². The molecule has 0 aromatic rings. The molecule has 1 unspecified atom stereocenters. The first-order chi connectivity index (χ1) is 29.0. The quantitative estimate of drug-likeness (QED) is 0.0263. The molecule has 0 rings (SSSR count). The zero-order valence-corrected chi connectivity index (χ0v) is 39.3. The van der Waals surface area contributed by atoms with Crippen LogP contribution < -0.4 is 0 Å². The minimum absolute atomic E-state index is 0.0764. The lowest BCUT2D eigenvalue weighted by atomic mass is 10.0. The van der Waals surface area contributed by atoms with Gasteiger partial charge in [-0.05, 0) is 70.6 Å². The number of allylic oxidation sites excluding steroid dienone is 6. The van der Waals surface area contributed by atoms with Crippen LogP contribution in [0.4, 0.5) is 0 Å². The van der Waals surface area contributed by atoms with Crippen molar-refractivity contribution in [3.8, 4) is 0 Å². The number of hydrogen-bond donors (Lipinski definition) is 0. The lowest BCUT2D eigenvalue weighted by Crippen LogP contribution is -2.30. The van der Waals surface area contributed by atoms with Gasteiger partial charge in [0.25, 0.3) is 0 Å². The summed E-state index contributed by atoms with van der Waals surface area (Å²) in [6.07, 6.45) is 55.5. The second kappa shape index (κ2) is 48.3. The van der Waals surface area contributed by atoms with Crippen molar-refractivity contribution >= 4 is 17.9 Å². The van der Waals surface area contributed by atoms with E-state index in [1.54, 1.807) is 0 Å². The molecule has 0 spiro atoms. The average Bonchev–Trinajstić information content (AvgIpc) is 3.23. The fourth-order valence-electron chi connectivity index (χ4n) is 7.22. The molecule has 6 heteroatoms. The van der Waals surface area contributed by atoms with E-state index < -0.39 is 6.10 Å². The molecule has 0 amide bonds. The first kappa shape index (κ1) is 56.6. The molecular formula is C53H96O6. The molecule has 344 valence electrons. The molecule has 0 saturated heterocycles. The maximum absolute atomic E-state index is 12.7. The van der Waals surface area contributed by atoms with Crippen molar-refractivity contribution in [3.63, 3.8) is 0 Å². The minimum atomic E-state index is -0.773. The van der Waals surface area contributed by atoms with E-state index in [9.17, 15) is 14.4 Å². The fraction of sp³-hybridized carbons (Fsp3) is 0.830. The molecule has 0 fully saturated rings. The summed E-state index contributed by atoms with van der Waals surface area (Å²) in [6, 6.07) is 0. The molecule has 0 bridgehead atoms. The molecule has 6 nitrogen and oxygen atoms in total. The van der Waals surface area contributed by atoms with Crippen molar-refractivity contribution in [3.05, 3.63) is 36.5 Å². The van der Waals surface area contributed by atoms with E-state index >= 15 is 0 Å². The van der Waals surface area contributed by atoms with E-state index in [0.29, 0.717) is 19.3 Å². The Balaban J connectivity index is 4.33. The zero-order valence-electron chi connectivity index (χ0n) is 39.3. The molecule has 0 N–H and O–H groups in total. The number of hydrogen-bond acceptors (Lipinski definition) is 6. The Morgan fingerprint density at radius 3 is 1.02 bits per heavy atom. The van der Waals surface area contributed by atoms with Crippen LogP contribution in [0.2, 0.25) is 0 Å². The first-order valence-corrected chi connectivity index (χ1v) is 25.5. The molecule has 59 heavy (non-hydrogen) atoms. The van der Waals surface area contributed by atoms with Gasteiger partial charge in [-0.15, -0.1) is 0 Å². The largest absolute Gasteiger partial charge is 0.462 e. The van der Waals surface area contributed by atoms with Gasteiger partial charge in [-0.1, -0.05) is 211 Å². The predicted molar refractivity (Wildman–Crippen MR) is 252 cm³/mol. The molecule has 0 aromatic carbocycles. The summed E-state index contributed by atoms with van der Waals surface area (Å²) in [5, 5.41) is 0. The lowest BCUT2D eigenvalue weighted by Gasteiger charge is -2.18. The Labute approximate surface area is 365 Å². The number of ether oxygens (including phenoxy) is 3. The first-order valence-electron chi connectivity index (χ1n) is 25.5. The van der Waals surface area contributed by atoms with E-state index in [-0.39, 0.29) is 31.1 Å². The summed E-state index contributed by atoms with van der Waals surface area (Å²) in [5.41, 5.74) is 0. The predicted octanol–water partition coefficient (Wildman–Crippen LogP) is 16.5. The third-order valence-corrected chi connectivity index (χ3v) is 11.1. The van der Waals surface area contributed by atoms with Gasteiger partial charge in [-0.25, -0.2) is 0 Å². The monoisotopic (exact) mass is 829 g/mol.